The maximum absolute atomic E-state index is 14.6. The summed E-state index contributed by atoms with van der Waals surface area (Å²) in [5.41, 5.74) is 3.56. The molecule has 45 heavy (non-hydrogen) atoms. The molecule has 0 unspecified atom stereocenters. The predicted octanol–water partition coefficient (Wildman–Crippen LogP) is 6.71. The van der Waals surface area contributed by atoms with Crippen LogP contribution in [0.3, 0.4) is 0 Å². The number of hydrogen-bond acceptors (Lipinski definition) is 4. The zero-order valence-corrected chi connectivity index (χ0v) is 27.7. The molecular formula is C36H40ClN3O4S. The van der Waals surface area contributed by atoms with E-state index >= 15 is 0 Å². The molecule has 0 aliphatic heterocycles. The molecule has 0 radical (unpaired) electrons. The minimum absolute atomic E-state index is 0.00996. The first-order valence-corrected chi connectivity index (χ1v) is 16.8. The normalized spacial score (nSPS) is 12.6. The van der Waals surface area contributed by atoms with Crippen molar-refractivity contribution in [3.63, 3.8) is 0 Å². The van der Waals surface area contributed by atoms with Gasteiger partial charge < -0.3 is 10.2 Å². The summed E-state index contributed by atoms with van der Waals surface area (Å²) in [5.74, 6) is -0.854. The van der Waals surface area contributed by atoms with Crippen molar-refractivity contribution >= 4 is 39.1 Å². The van der Waals surface area contributed by atoms with E-state index < -0.39 is 28.5 Å². The van der Waals surface area contributed by atoms with Crippen LogP contribution in [0, 0.1) is 13.8 Å². The van der Waals surface area contributed by atoms with Gasteiger partial charge >= 0.3 is 0 Å². The fourth-order valence-electron chi connectivity index (χ4n) is 5.12. The molecular weight excluding hydrogens is 606 g/mol. The standard InChI is InChI=1S/C36H40ClN3O4S/c1-5-28(4)38-36(42)34(23-29-14-8-6-9-15-29)39(24-30-16-12-13-19-32(30)37)35(41)25-40(33-21-20-26(2)22-27(33)3)45(43,44)31-17-10-7-11-18-31/h6-22,28,34H,5,23-25H2,1-4H3,(H,38,42)/t28-,34-/m1/s1. The topological polar surface area (TPSA) is 86.8 Å². The molecule has 0 heterocycles. The van der Waals surface area contributed by atoms with E-state index in [1.807, 2.05) is 76.2 Å². The van der Waals surface area contributed by atoms with E-state index in [1.165, 1.54) is 17.0 Å². The van der Waals surface area contributed by atoms with E-state index in [9.17, 15) is 18.0 Å². The van der Waals surface area contributed by atoms with Gasteiger partial charge in [0.15, 0.2) is 0 Å². The lowest BCUT2D eigenvalue weighted by Crippen LogP contribution is -2.54. The van der Waals surface area contributed by atoms with E-state index in [0.29, 0.717) is 28.3 Å². The molecule has 0 aromatic heterocycles. The summed E-state index contributed by atoms with van der Waals surface area (Å²) < 4.78 is 29.5. The maximum Gasteiger partial charge on any atom is 0.264 e. The molecule has 2 atom stereocenters. The van der Waals surface area contributed by atoms with Gasteiger partial charge in [-0.3, -0.25) is 13.9 Å². The van der Waals surface area contributed by atoms with Crippen molar-refractivity contribution in [2.45, 2.75) is 64.1 Å². The fourth-order valence-corrected chi connectivity index (χ4v) is 6.82. The van der Waals surface area contributed by atoms with Gasteiger partial charge in [0.2, 0.25) is 11.8 Å². The second kappa shape index (κ2) is 15.2. The maximum atomic E-state index is 14.6. The van der Waals surface area contributed by atoms with E-state index in [-0.39, 0.29) is 29.8 Å². The summed E-state index contributed by atoms with van der Waals surface area (Å²) in [5, 5.41) is 3.49. The molecule has 1 N–H and O–H groups in total. The zero-order chi connectivity index (χ0) is 32.6. The van der Waals surface area contributed by atoms with Crippen LogP contribution in [0.2, 0.25) is 5.02 Å². The SMILES string of the molecule is CC[C@@H](C)NC(=O)[C@@H](Cc1ccccc1)N(Cc1ccccc1Cl)C(=O)CN(c1ccc(C)cc1C)S(=O)(=O)c1ccccc1. The number of aryl methyl sites for hydroxylation is 2. The first kappa shape index (κ1) is 33.7. The monoisotopic (exact) mass is 645 g/mol. The van der Waals surface area contributed by atoms with Gasteiger partial charge in [0.05, 0.1) is 10.6 Å². The van der Waals surface area contributed by atoms with Crippen LogP contribution in [-0.4, -0.2) is 43.8 Å². The molecule has 0 fully saturated rings. The van der Waals surface area contributed by atoms with Crippen LogP contribution < -0.4 is 9.62 Å². The molecule has 0 saturated carbocycles. The smallest absolute Gasteiger partial charge is 0.264 e. The molecule has 236 valence electrons. The third-order valence-electron chi connectivity index (χ3n) is 7.80. The van der Waals surface area contributed by atoms with Gasteiger partial charge in [-0.15, -0.1) is 0 Å². The summed E-state index contributed by atoms with van der Waals surface area (Å²) in [6.07, 6.45) is 0.937. The van der Waals surface area contributed by atoms with Gasteiger partial charge in [0, 0.05) is 24.0 Å². The van der Waals surface area contributed by atoms with Crippen molar-refractivity contribution in [1.82, 2.24) is 10.2 Å². The first-order valence-electron chi connectivity index (χ1n) is 15.0. The van der Waals surface area contributed by atoms with Crippen molar-refractivity contribution in [2.24, 2.45) is 0 Å². The Balaban J connectivity index is 1.83. The third-order valence-corrected chi connectivity index (χ3v) is 9.94. The number of rotatable bonds is 13. The Morgan fingerprint density at radius 2 is 1.49 bits per heavy atom. The first-order chi connectivity index (χ1) is 21.5. The summed E-state index contributed by atoms with van der Waals surface area (Å²) in [6, 6.07) is 29.0. The van der Waals surface area contributed by atoms with E-state index in [2.05, 4.69) is 5.32 Å². The Bertz CT molecular complexity index is 1720. The molecule has 7 nitrogen and oxygen atoms in total. The summed E-state index contributed by atoms with van der Waals surface area (Å²) >= 11 is 6.57. The molecule has 9 heteroatoms. The summed E-state index contributed by atoms with van der Waals surface area (Å²) in [6.45, 7) is 7.11. The van der Waals surface area contributed by atoms with Gasteiger partial charge in [-0.2, -0.15) is 0 Å². The lowest BCUT2D eigenvalue weighted by Gasteiger charge is -2.34. The number of hydrogen-bond donors (Lipinski definition) is 1. The molecule has 2 amide bonds. The molecule has 0 aliphatic rings. The highest BCUT2D eigenvalue weighted by Crippen LogP contribution is 2.29. The lowest BCUT2D eigenvalue weighted by atomic mass is 10.0. The number of carbonyl (C=O) groups is 2. The average Bonchev–Trinajstić information content (AvgIpc) is 3.03. The fraction of sp³-hybridized carbons (Fsp3) is 0.278. The highest BCUT2D eigenvalue weighted by atomic mass is 35.5. The number of carbonyl (C=O) groups excluding carboxylic acids is 2. The second-order valence-corrected chi connectivity index (χ2v) is 13.5. The van der Waals surface area contributed by atoms with Gasteiger partial charge in [0.25, 0.3) is 10.0 Å². The number of nitrogens with zero attached hydrogens (tertiary/aromatic N) is 2. The Kier molecular flexibility index (Phi) is 11.4. The predicted molar refractivity (Wildman–Crippen MR) is 181 cm³/mol. The van der Waals surface area contributed by atoms with E-state index in [4.69, 9.17) is 11.6 Å². The van der Waals surface area contributed by atoms with Crippen molar-refractivity contribution in [3.05, 3.63) is 130 Å². The number of sulfonamides is 1. The largest absolute Gasteiger partial charge is 0.352 e. The number of amides is 2. The van der Waals surface area contributed by atoms with Gasteiger partial charge in [0.1, 0.15) is 12.6 Å². The molecule has 0 spiro atoms. The lowest BCUT2D eigenvalue weighted by molar-refractivity contribution is -0.140. The number of benzene rings is 4. The van der Waals surface area contributed by atoms with Crippen LogP contribution in [0.1, 0.15) is 42.5 Å². The second-order valence-electron chi connectivity index (χ2n) is 11.3. The van der Waals surface area contributed by atoms with Crippen molar-refractivity contribution in [2.75, 3.05) is 10.8 Å². The van der Waals surface area contributed by atoms with Crippen LogP contribution >= 0.6 is 11.6 Å². The van der Waals surface area contributed by atoms with Crippen LogP contribution in [0.5, 0.6) is 0 Å². The quantitative estimate of drug-likeness (QED) is 0.175. The van der Waals surface area contributed by atoms with Crippen LogP contribution in [0.4, 0.5) is 5.69 Å². The Morgan fingerprint density at radius 3 is 2.11 bits per heavy atom. The molecule has 0 saturated heterocycles. The Hall–Kier alpha value is -4.14. The third kappa shape index (κ3) is 8.53. The zero-order valence-electron chi connectivity index (χ0n) is 26.1. The van der Waals surface area contributed by atoms with Crippen LogP contribution in [0.15, 0.2) is 108 Å². The molecule has 0 aliphatic carbocycles. The minimum atomic E-state index is -4.17. The summed E-state index contributed by atoms with van der Waals surface area (Å²) in [7, 11) is -4.17. The molecule has 4 aromatic carbocycles. The Morgan fingerprint density at radius 1 is 0.867 bits per heavy atom. The summed E-state index contributed by atoms with van der Waals surface area (Å²) in [4.78, 5) is 30.0. The van der Waals surface area contributed by atoms with Crippen molar-refractivity contribution in [3.8, 4) is 0 Å². The van der Waals surface area contributed by atoms with E-state index in [0.717, 1.165) is 15.4 Å². The molecule has 4 aromatic rings. The number of anilines is 1. The van der Waals surface area contributed by atoms with Crippen LogP contribution in [-0.2, 0) is 32.6 Å². The molecule has 0 bridgehead atoms. The van der Waals surface area contributed by atoms with E-state index in [1.54, 1.807) is 42.5 Å². The highest BCUT2D eigenvalue weighted by molar-refractivity contribution is 7.92. The number of halogens is 1. The van der Waals surface area contributed by atoms with Gasteiger partial charge in [-0.1, -0.05) is 103 Å². The van der Waals surface area contributed by atoms with Gasteiger partial charge in [-0.05, 0) is 68.1 Å². The molecule has 4 rings (SSSR count). The van der Waals surface area contributed by atoms with Crippen molar-refractivity contribution < 1.29 is 18.0 Å². The van der Waals surface area contributed by atoms with Gasteiger partial charge in [-0.25, -0.2) is 8.42 Å². The Labute approximate surface area is 271 Å². The number of nitrogens with one attached hydrogen (secondary N) is 1. The van der Waals surface area contributed by atoms with Crippen LogP contribution in [0.25, 0.3) is 0 Å². The minimum Gasteiger partial charge on any atom is -0.352 e. The average molecular weight is 646 g/mol. The highest BCUT2D eigenvalue weighted by Gasteiger charge is 2.35. The van der Waals surface area contributed by atoms with Crippen molar-refractivity contribution in [1.29, 1.82) is 0 Å².